The number of carbonyl (C=O) groups excluding carboxylic acids is 3. The Morgan fingerprint density at radius 2 is 1.71 bits per heavy atom. The van der Waals surface area contributed by atoms with Crippen molar-refractivity contribution in [1.29, 1.82) is 0 Å². The fourth-order valence-electron chi connectivity index (χ4n) is 3.54. The van der Waals surface area contributed by atoms with Gasteiger partial charge in [-0.15, -0.1) is 0 Å². The van der Waals surface area contributed by atoms with Crippen LogP contribution in [-0.4, -0.2) is 64.4 Å². The van der Waals surface area contributed by atoms with Gasteiger partial charge in [0.25, 0.3) is 5.91 Å². The van der Waals surface area contributed by atoms with Crippen LogP contribution in [0.2, 0.25) is 0 Å². The molecule has 0 spiro atoms. The zero-order valence-electron chi connectivity index (χ0n) is 20.9. The van der Waals surface area contributed by atoms with Crippen molar-refractivity contribution in [3.8, 4) is 0 Å². The van der Waals surface area contributed by atoms with Gasteiger partial charge in [0.05, 0.1) is 13.2 Å². The first-order chi connectivity index (χ1) is 16.5. The number of aliphatic hydroxyl groups excluding tert-OH is 2. The van der Waals surface area contributed by atoms with Crippen LogP contribution in [0.15, 0.2) is 48.5 Å². The maximum absolute atomic E-state index is 13.6. The largest absolute Gasteiger partial charge is 0.444 e. The standard InChI is InChI=1S/C26H35N3O6/c1-17-9-8-11-19(15-17)22(23(32)27-20-12-7-6-10-18(20)2)29(13-14-30)24(33)21(16-31)28-25(34)35-26(3,4)5/h6-12,15,21-22,30-31H,13-14,16H2,1-5H3,(H,27,32)(H,28,34). The summed E-state index contributed by atoms with van der Waals surface area (Å²) in [5.74, 6) is -1.24. The average molecular weight is 486 g/mol. The molecule has 190 valence electrons. The third kappa shape index (κ3) is 8.08. The molecule has 2 aromatic carbocycles. The van der Waals surface area contributed by atoms with Crippen LogP contribution in [0.5, 0.6) is 0 Å². The van der Waals surface area contributed by atoms with Gasteiger partial charge in [0.15, 0.2) is 0 Å². The van der Waals surface area contributed by atoms with E-state index in [1.165, 1.54) is 0 Å². The van der Waals surface area contributed by atoms with Crippen LogP contribution in [0.1, 0.15) is 43.5 Å². The van der Waals surface area contributed by atoms with Gasteiger partial charge in [-0.3, -0.25) is 9.59 Å². The quantitative estimate of drug-likeness (QED) is 0.432. The van der Waals surface area contributed by atoms with E-state index >= 15 is 0 Å². The Morgan fingerprint density at radius 1 is 1.03 bits per heavy atom. The number of para-hydroxylation sites is 1. The summed E-state index contributed by atoms with van der Waals surface area (Å²) in [5, 5.41) is 24.9. The van der Waals surface area contributed by atoms with Gasteiger partial charge in [-0.1, -0.05) is 48.0 Å². The Balaban J connectivity index is 2.44. The molecule has 2 rings (SSSR count). The van der Waals surface area contributed by atoms with Crippen molar-refractivity contribution in [3.05, 3.63) is 65.2 Å². The molecule has 2 aromatic rings. The Bertz CT molecular complexity index is 1030. The molecule has 0 radical (unpaired) electrons. The summed E-state index contributed by atoms with van der Waals surface area (Å²) >= 11 is 0. The number of aliphatic hydroxyl groups is 2. The monoisotopic (exact) mass is 485 g/mol. The number of alkyl carbamates (subject to hydrolysis) is 1. The molecule has 0 saturated carbocycles. The van der Waals surface area contributed by atoms with Crippen molar-refractivity contribution in [3.63, 3.8) is 0 Å². The highest BCUT2D eigenvalue weighted by atomic mass is 16.6. The number of ether oxygens (including phenoxy) is 1. The van der Waals surface area contributed by atoms with E-state index < -0.39 is 48.8 Å². The molecule has 0 bridgehead atoms. The minimum atomic E-state index is -1.38. The minimum Gasteiger partial charge on any atom is -0.444 e. The fourth-order valence-corrected chi connectivity index (χ4v) is 3.54. The predicted octanol–water partition coefficient (Wildman–Crippen LogP) is 2.69. The van der Waals surface area contributed by atoms with Crippen molar-refractivity contribution >= 4 is 23.6 Å². The normalized spacial score (nSPS) is 12.9. The van der Waals surface area contributed by atoms with Gasteiger partial charge in [-0.05, 0) is 51.8 Å². The molecule has 2 unspecified atom stereocenters. The van der Waals surface area contributed by atoms with Crippen LogP contribution in [0, 0.1) is 13.8 Å². The van der Waals surface area contributed by atoms with Gasteiger partial charge >= 0.3 is 6.09 Å². The summed E-state index contributed by atoms with van der Waals surface area (Å²) in [6.45, 7) is 7.36. The number of carbonyl (C=O) groups is 3. The van der Waals surface area contributed by atoms with Crippen LogP contribution in [0.25, 0.3) is 0 Å². The number of nitrogens with one attached hydrogen (secondary N) is 2. The molecule has 9 nitrogen and oxygen atoms in total. The van der Waals surface area contributed by atoms with Crippen LogP contribution >= 0.6 is 0 Å². The lowest BCUT2D eigenvalue weighted by Crippen LogP contribution is -2.54. The van der Waals surface area contributed by atoms with E-state index in [4.69, 9.17) is 4.74 Å². The first kappa shape index (κ1) is 27.8. The molecule has 0 heterocycles. The number of nitrogens with zero attached hydrogens (tertiary/aromatic N) is 1. The SMILES string of the molecule is Cc1cccc(C(C(=O)Nc2ccccc2C)N(CCO)C(=O)C(CO)NC(=O)OC(C)(C)C)c1. The molecule has 0 saturated heterocycles. The highest BCUT2D eigenvalue weighted by Gasteiger charge is 2.36. The molecule has 9 heteroatoms. The summed E-state index contributed by atoms with van der Waals surface area (Å²) < 4.78 is 5.20. The second-order valence-electron chi connectivity index (χ2n) is 9.26. The molecule has 3 amide bonds. The second kappa shape index (κ2) is 12.3. The lowest BCUT2D eigenvalue weighted by Gasteiger charge is -2.34. The van der Waals surface area contributed by atoms with Crippen molar-refractivity contribution in [2.24, 2.45) is 0 Å². The molecule has 35 heavy (non-hydrogen) atoms. The van der Waals surface area contributed by atoms with E-state index in [1.54, 1.807) is 51.1 Å². The molecule has 0 aliphatic rings. The molecular weight excluding hydrogens is 450 g/mol. The Hall–Kier alpha value is -3.43. The van der Waals surface area contributed by atoms with Gasteiger partial charge in [-0.25, -0.2) is 4.79 Å². The highest BCUT2D eigenvalue weighted by Crippen LogP contribution is 2.26. The fraction of sp³-hybridized carbons (Fsp3) is 0.423. The predicted molar refractivity (Wildman–Crippen MR) is 133 cm³/mol. The maximum Gasteiger partial charge on any atom is 0.408 e. The average Bonchev–Trinajstić information content (AvgIpc) is 2.77. The maximum atomic E-state index is 13.6. The number of rotatable bonds is 9. The number of amides is 3. The molecule has 0 fully saturated rings. The minimum absolute atomic E-state index is 0.203. The summed E-state index contributed by atoms with van der Waals surface area (Å²) in [4.78, 5) is 40.5. The summed E-state index contributed by atoms with van der Waals surface area (Å²) in [7, 11) is 0. The Labute approximate surface area is 206 Å². The van der Waals surface area contributed by atoms with Crippen LogP contribution in [0.4, 0.5) is 10.5 Å². The third-order valence-corrected chi connectivity index (χ3v) is 5.12. The van der Waals surface area contributed by atoms with Crippen LogP contribution in [0.3, 0.4) is 0 Å². The molecule has 4 N–H and O–H groups in total. The van der Waals surface area contributed by atoms with Crippen molar-refractivity contribution in [1.82, 2.24) is 10.2 Å². The first-order valence-electron chi connectivity index (χ1n) is 11.4. The van der Waals surface area contributed by atoms with E-state index in [2.05, 4.69) is 10.6 Å². The molecule has 0 aromatic heterocycles. The smallest absolute Gasteiger partial charge is 0.408 e. The molecular formula is C26H35N3O6. The summed E-state index contributed by atoms with van der Waals surface area (Å²) in [5.41, 5.74) is 2.00. The Morgan fingerprint density at radius 3 is 2.29 bits per heavy atom. The van der Waals surface area contributed by atoms with Crippen LogP contribution in [-0.2, 0) is 14.3 Å². The number of hydrogen-bond acceptors (Lipinski definition) is 6. The van der Waals surface area contributed by atoms with E-state index in [0.717, 1.165) is 16.0 Å². The third-order valence-electron chi connectivity index (χ3n) is 5.12. The van der Waals surface area contributed by atoms with Gasteiger partial charge in [0.2, 0.25) is 5.91 Å². The highest BCUT2D eigenvalue weighted by molar-refractivity contribution is 5.99. The molecule has 0 aliphatic heterocycles. The molecule has 2 atom stereocenters. The van der Waals surface area contributed by atoms with Gasteiger partial charge < -0.3 is 30.5 Å². The van der Waals surface area contributed by atoms with Crippen LogP contribution < -0.4 is 10.6 Å². The summed E-state index contributed by atoms with van der Waals surface area (Å²) in [6, 6.07) is 11.8. The molecule has 0 aliphatic carbocycles. The first-order valence-corrected chi connectivity index (χ1v) is 11.4. The van der Waals surface area contributed by atoms with Crippen molar-refractivity contribution < 1.29 is 29.3 Å². The van der Waals surface area contributed by atoms with E-state index in [-0.39, 0.29) is 6.54 Å². The lowest BCUT2D eigenvalue weighted by atomic mass is 10.0. The second-order valence-corrected chi connectivity index (χ2v) is 9.26. The number of hydrogen-bond donors (Lipinski definition) is 4. The van der Waals surface area contributed by atoms with Gasteiger partial charge in [0, 0.05) is 12.2 Å². The zero-order chi connectivity index (χ0) is 26.2. The van der Waals surface area contributed by atoms with E-state index in [1.807, 2.05) is 32.0 Å². The number of benzene rings is 2. The van der Waals surface area contributed by atoms with E-state index in [0.29, 0.717) is 11.3 Å². The van der Waals surface area contributed by atoms with Crippen molar-refractivity contribution in [2.75, 3.05) is 25.1 Å². The van der Waals surface area contributed by atoms with Gasteiger partial charge in [0.1, 0.15) is 17.7 Å². The zero-order valence-corrected chi connectivity index (χ0v) is 20.9. The Kier molecular flexibility index (Phi) is 9.79. The summed E-state index contributed by atoms with van der Waals surface area (Å²) in [6.07, 6.45) is -0.884. The number of anilines is 1. The van der Waals surface area contributed by atoms with E-state index in [9.17, 15) is 24.6 Å². The lowest BCUT2D eigenvalue weighted by molar-refractivity contribution is -0.142. The topological polar surface area (TPSA) is 128 Å². The van der Waals surface area contributed by atoms with Gasteiger partial charge in [-0.2, -0.15) is 0 Å². The van der Waals surface area contributed by atoms with Crippen molar-refractivity contribution in [2.45, 2.75) is 52.3 Å². The number of aryl methyl sites for hydroxylation is 2.